The molecule has 7 heteroatoms. The lowest BCUT2D eigenvalue weighted by atomic mass is 10.1. The molecule has 0 aromatic carbocycles. The summed E-state index contributed by atoms with van der Waals surface area (Å²) in [6.07, 6.45) is 0. The van der Waals surface area contributed by atoms with Gasteiger partial charge in [0.2, 0.25) is 0 Å². The molecule has 1 atom stereocenters. The van der Waals surface area contributed by atoms with E-state index >= 15 is 0 Å². The number of pyridine rings is 1. The molecule has 1 unspecified atom stereocenters. The molecule has 0 fully saturated rings. The summed E-state index contributed by atoms with van der Waals surface area (Å²) in [7, 11) is 0. The topological polar surface area (TPSA) is 103 Å². The first-order valence-corrected chi connectivity index (χ1v) is 5.20. The summed E-state index contributed by atoms with van der Waals surface area (Å²) in [6.45, 7) is 1.06. The molecule has 1 rings (SSSR count). The standard InChI is InChI=1S/C10H13ClN2O4/c1-10(17,5-14)4-12-7-3-2-6(11)8(13-7)9(15)16/h2-3,14,17H,4-5H2,1H3,(H,12,13)(H,15,16). The average Bonchev–Trinajstić information content (AvgIpc) is 2.27. The molecule has 0 saturated carbocycles. The van der Waals surface area contributed by atoms with E-state index in [2.05, 4.69) is 10.3 Å². The number of aromatic carboxylic acids is 1. The molecular weight excluding hydrogens is 248 g/mol. The number of nitrogens with one attached hydrogen (secondary N) is 1. The number of carboxylic acid groups (broad SMARTS) is 1. The minimum atomic E-state index is -1.30. The highest BCUT2D eigenvalue weighted by Gasteiger charge is 2.19. The van der Waals surface area contributed by atoms with E-state index in [4.69, 9.17) is 21.8 Å². The summed E-state index contributed by atoms with van der Waals surface area (Å²) in [5, 5.41) is 29.9. The van der Waals surface area contributed by atoms with Gasteiger partial charge in [-0.15, -0.1) is 0 Å². The largest absolute Gasteiger partial charge is 0.476 e. The zero-order valence-corrected chi connectivity index (χ0v) is 9.90. The fourth-order valence-electron chi connectivity index (χ4n) is 1.03. The molecule has 6 nitrogen and oxygen atoms in total. The van der Waals surface area contributed by atoms with Crippen molar-refractivity contribution in [1.29, 1.82) is 0 Å². The second kappa shape index (κ2) is 5.31. The summed E-state index contributed by atoms with van der Waals surface area (Å²) in [6, 6.07) is 2.89. The molecule has 1 aromatic heterocycles. The van der Waals surface area contributed by atoms with E-state index in [-0.39, 0.29) is 23.1 Å². The number of nitrogens with zero attached hydrogens (tertiary/aromatic N) is 1. The zero-order chi connectivity index (χ0) is 13.1. The number of anilines is 1. The van der Waals surface area contributed by atoms with Crippen molar-refractivity contribution in [2.24, 2.45) is 0 Å². The van der Waals surface area contributed by atoms with Crippen LogP contribution in [0.25, 0.3) is 0 Å². The number of aliphatic hydroxyl groups excluding tert-OH is 1. The molecule has 1 heterocycles. The first-order chi connectivity index (χ1) is 7.85. The van der Waals surface area contributed by atoms with Gasteiger partial charge in [-0.05, 0) is 19.1 Å². The Bertz CT molecular complexity index is 423. The van der Waals surface area contributed by atoms with Crippen molar-refractivity contribution in [2.45, 2.75) is 12.5 Å². The molecule has 0 saturated heterocycles. The van der Waals surface area contributed by atoms with Gasteiger partial charge < -0.3 is 20.6 Å². The van der Waals surface area contributed by atoms with E-state index in [0.717, 1.165) is 0 Å². The van der Waals surface area contributed by atoms with Gasteiger partial charge in [-0.2, -0.15) is 0 Å². The molecule has 0 aliphatic heterocycles. The van der Waals surface area contributed by atoms with Gasteiger partial charge in [-0.3, -0.25) is 0 Å². The van der Waals surface area contributed by atoms with Crippen LogP contribution in [0, 0.1) is 0 Å². The Kier molecular flexibility index (Phi) is 4.28. The van der Waals surface area contributed by atoms with Gasteiger partial charge in [0, 0.05) is 6.54 Å². The van der Waals surface area contributed by atoms with Gasteiger partial charge in [0.25, 0.3) is 0 Å². The number of halogens is 1. The number of carbonyl (C=O) groups is 1. The maximum Gasteiger partial charge on any atom is 0.356 e. The molecule has 0 amide bonds. The van der Waals surface area contributed by atoms with Crippen LogP contribution < -0.4 is 5.32 Å². The Morgan fingerprint density at radius 2 is 2.24 bits per heavy atom. The van der Waals surface area contributed by atoms with E-state index in [0.29, 0.717) is 0 Å². The highest BCUT2D eigenvalue weighted by atomic mass is 35.5. The lowest BCUT2D eigenvalue weighted by molar-refractivity contribution is 0.0132. The van der Waals surface area contributed by atoms with Gasteiger partial charge in [-0.25, -0.2) is 9.78 Å². The summed E-state index contributed by atoms with van der Waals surface area (Å²) in [5.74, 6) is -0.965. The number of aromatic nitrogens is 1. The number of carboxylic acids is 1. The van der Waals surface area contributed by atoms with Crippen molar-refractivity contribution in [3.05, 3.63) is 22.8 Å². The lowest BCUT2D eigenvalue weighted by Crippen LogP contribution is -2.37. The van der Waals surface area contributed by atoms with E-state index < -0.39 is 18.2 Å². The Balaban J connectivity index is 2.80. The fourth-order valence-corrected chi connectivity index (χ4v) is 1.21. The van der Waals surface area contributed by atoms with Crippen LogP contribution >= 0.6 is 11.6 Å². The molecule has 4 N–H and O–H groups in total. The van der Waals surface area contributed by atoms with Crippen LogP contribution in [0.4, 0.5) is 5.82 Å². The fraction of sp³-hybridized carbons (Fsp3) is 0.400. The van der Waals surface area contributed by atoms with E-state index in [1.165, 1.54) is 19.1 Å². The summed E-state index contributed by atoms with van der Waals surface area (Å²) in [4.78, 5) is 14.5. The molecule has 17 heavy (non-hydrogen) atoms. The Morgan fingerprint density at radius 3 is 2.76 bits per heavy atom. The van der Waals surface area contributed by atoms with Crippen LogP contribution in [0.3, 0.4) is 0 Å². The second-order valence-corrected chi connectivity index (χ2v) is 4.25. The second-order valence-electron chi connectivity index (χ2n) is 3.84. The Labute approximate surface area is 103 Å². The Morgan fingerprint density at radius 1 is 1.59 bits per heavy atom. The number of aliphatic hydroxyl groups is 2. The SMILES string of the molecule is CC(O)(CO)CNc1ccc(Cl)c(C(=O)O)n1. The van der Waals surface area contributed by atoms with Gasteiger partial charge in [0.05, 0.1) is 11.6 Å². The molecule has 0 bridgehead atoms. The highest BCUT2D eigenvalue weighted by Crippen LogP contribution is 2.17. The molecule has 94 valence electrons. The maximum absolute atomic E-state index is 10.8. The summed E-state index contributed by atoms with van der Waals surface area (Å²) < 4.78 is 0. The van der Waals surface area contributed by atoms with Crippen LogP contribution in [0.1, 0.15) is 17.4 Å². The predicted octanol–water partition coefficient (Wildman–Crippen LogP) is 0.588. The first-order valence-electron chi connectivity index (χ1n) is 4.83. The van der Waals surface area contributed by atoms with Crippen molar-refractivity contribution in [3.8, 4) is 0 Å². The van der Waals surface area contributed by atoms with Crippen molar-refractivity contribution >= 4 is 23.4 Å². The number of hydrogen-bond donors (Lipinski definition) is 4. The minimum absolute atomic E-state index is 0.0389. The van der Waals surface area contributed by atoms with Crippen molar-refractivity contribution in [3.63, 3.8) is 0 Å². The monoisotopic (exact) mass is 260 g/mol. The number of rotatable bonds is 5. The van der Waals surface area contributed by atoms with Crippen LogP contribution in [0.15, 0.2) is 12.1 Å². The van der Waals surface area contributed by atoms with Gasteiger partial charge in [0.15, 0.2) is 5.69 Å². The third-order valence-electron chi connectivity index (χ3n) is 2.04. The Hall–Kier alpha value is -1.37. The van der Waals surface area contributed by atoms with Crippen molar-refractivity contribution in [1.82, 2.24) is 4.98 Å². The van der Waals surface area contributed by atoms with Gasteiger partial charge >= 0.3 is 5.97 Å². The predicted molar refractivity (Wildman–Crippen MR) is 62.4 cm³/mol. The van der Waals surface area contributed by atoms with Crippen molar-refractivity contribution < 1.29 is 20.1 Å². The van der Waals surface area contributed by atoms with E-state index in [1.807, 2.05) is 0 Å². The van der Waals surface area contributed by atoms with Crippen LogP contribution in [-0.2, 0) is 0 Å². The highest BCUT2D eigenvalue weighted by molar-refractivity contribution is 6.33. The molecule has 1 aromatic rings. The smallest absolute Gasteiger partial charge is 0.356 e. The lowest BCUT2D eigenvalue weighted by Gasteiger charge is -2.21. The maximum atomic E-state index is 10.8. The quantitative estimate of drug-likeness (QED) is 0.618. The third kappa shape index (κ3) is 3.85. The normalized spacial score (nSPS) is 14.1. The average molecular weight is 261 g/mol. The zero-order valence-electron chi connectivity index (χ0n) is 9.14. The van der Waals surface area contributed by atoms with Gasteiger partial charge in [0.1, 0.15) is 11.4 Å². The van der Waals surface area contributed by atoms with Gasteiger partial charge in [-0.1, -0.05) is 11.6 Å². The third-order valence-corrected chi connectivity index (χ3v) is 2.34. The van der Waals surface area contributed by atoms with Crippen LogP contribution in [0.2, 0.25) is 5.02 Å². The molecule has 0 radical (unpaired) electrons. The van der Waals surface area contributed by atoms with Crippen LogP contribution in [0.5, 0.6) is 0 Å². The molecule has 0 spiro atoms. The number of hydrogen-bond acceptors (Lipinski definition) is 5. The van der Waals surface area contributed by atoms with Crippen molar-refractivity contribution in [2.75, 3.05) is 18.5 Å². The molecular formula is C10H13ClN2O4. The first kappa shape index (κ1) is 13.7. The summed E-state index contributed by atoms with van der Waals surface area (Å²) in [5.41, 5.74) is -1.56. The van der Waals surface area contributed by atoms with E-state index in [9.17, 15) is 9.90 Å². The molecule has 0 aliphatic carbocycles. The minimum Gasteiger partial charge on any atom is -0.476 e. The van der Waals surface area contributed by atoms with E-state index in [1.54, 1.807) is 0 Å². The van der Waals surface area contributed by atoms with Crippen LogP contribution in [-0.4, -0.2) is 45.0 Å². The molecule has 0 aliphatic rings. The summed E-state index contributed by atoms with van der Waals surface area (Å²) >= 11 is 5.65.